The van der Waals surface area contributed by atoms with Gasteiger partial charge < -0.3 is 0 Å². The summed E-state index contributed by atoms with van der Waals surface area (Å²) in [6.07, 6.45) is 0. The minimum atomic E-state index is -2.50. The molecule has 0 radical (unpaired) electrons. The van der Waals surface area contributed by atoms with E-state index >= 15 is 0 Å². The fraction of sp³-hybridized carbons (Fsp3) is 0. The molecule has 0 spiro atoms. The molecule has 8 heavy (non-hydrogen) atoms. The Morgan fingerprint density at radius 1 is 1.12 bits per heavy atom. The van der Waals surface area contributed by atoms with E-state index in [2.05, 4.69) is 0 Å². The van der Waals surface area contributed by atoms with Crippen molar-refractivity contribution in [1.29, 1.82) is 0 Å². The Labute approximate surface area is 56.1 Å². The van der Waals surface area contributed by atoms with Gasteiger partial charge in [0.05, 0.1) is 0 Å². The Bertz CT molecular complexity index is 77.3. The summed E-state index contributed by atoms with van der Waals surface area (Å²) in [5, 5.41) is 0. The summed E-state index contributed by atoms with van der Waals surface area (Å²) in [5.41, 5.74) is 0. The first-order chi connectivity index (χ1) is 3.91. The smallest absolute Gasteiger partial charge is 0.172 e. The van der Waals surface area contributed by atoms with E-state index in [0.717, 1.165) is 0 Å². The SMILES string of the molecule is [F][Ir+][F].c1cc[cH-]c1. The molecule has 0 aliphatic rings. The van der Waals surface area contributed by atoms with E-state index in [1.807, 2.05) is 30.3 Å². The third kappa shape index (κ3) is 5.86. The molecule has 0 saturated carbocycles. The van der Waals surface area contributed by atoms with Crippen LogP contribution in [0.4, 0.5) is 6.51 Å². The second-order valence-electron chi connectivity index (χ2n) is 1.01. The van der Waals surface area contributed by atoms with Crippen LogP contribution in [0, 0.1) is 0 Å². The first-order valence-corrected chi connectivity index (χ1v) is 3.73. The van der Waals surface area contributed by atoms with Crippen LogP contribution in [-0.2, 0) is 18.7 Å². The number of hydrogen-bond donors (Lipinski definition) is 0. The van der Waals surface area contributed by atoms with Crippen LogP contribution >= 0.6 is 0 Å². The molecule has 0 bridgehead atoms. The molecule has 0 amide bonds. The molecular weight excluding hydrogens is 290 g/mol. The molecule has 1 aromatic rings. The predicted octanol–water partition coefficient (Wildman–Crippen LogP) is 2.24. The molecule has 0 N–H and O–H groups in total. The van der Waals surface area contributed by atoms with E-state index in [4.69, 9.17) is 0 Å². The molecule has 0 aliphatic carbocycles. The Balaban J connectivity index is 0.000000145. The number of hydrogen-bond acceptors (Lipinski definition) is 0. The van der Waals surface area contributed by atoms with Crippen molar-refractivity contribution in [3.8, 4) is 0 Å². The van der Waals surface area contributed by atoms with Gasteiger partial charge >= 0.3 is 25.2 Å². The summed E-state index contributed by atoms with van der Waals surface area (Å²) >= 11 is -2.50. The van der Waals surface area contributed by atoms with Crippen LogP contribution in [0.15, 0.2) is 30.3 Å². The summed E-state index contributed by atoms with van der Waals surface area (Å²) in [5.74, 6) is 0. The monoisotopic (exact) mass is 296 g/mol. The van der Waals surface area contributed by atoms with Gasteiger partial charge in [-0.25, -0.2) is 12.1 Å². The van der Waals surface area contributed by atoms with Crippen molar-refractivity contribution in [2.24, 2.45) is 0 Å². The van der Waals surface area contributed by atoms with Crippen LogP contribution < -0.4 is 0 Å². The van der Waals surface area contributed by atoms with Crippen molar-refractivity contribution >= 4 is 0 Å². The van der Waals surface area contributed by atoms with E-state index in [-0.39, 0.29) is 0 Å². The molecule has 0 fully saturated rings. The fourth-order valence-corrected chi connectivity index (χ4v) is 0.321. The summed E-state index contributed by atoms with van der Waals surface area (Å²) in [7, 11) is 0. The Kier molecular flexibility index (Phi) is 6.74. The molecule has 0 unspecified atom stereocenters. The zero-order valence-electron chi connectivity index (χ0n) is 3.98. The van der Waals surface area contributed by atoms with Gasteiger partial charge in [0.15, 0.2) is 0 Å². The van der Waals surface area contributed by atoms with Crippen LogP contribution in [-0.4, -0.2) is 0 Å². The molecule has 0 aromatic heterocycles. The van der Waals surface area contributed by atoms with Crippen LogP contribution in [0.2, 0.25) is 0 Å². The third-order valence-electron chi connectivity index (χ3n) is 0.556. The van der Waals surface area contributed by atoms with Crippen LogP contribution in [0.25, 0.3) is 0 Å². The predicted molar refractivity (Wildman–Crippen MR) is 24.3 cm³/mol. The normalized spacial score (nSPS) is 7.75. The number of halogens is 2. The molecule has 1 aromatic carbocycles. The van der Waals surface area contributed by atoms with Crippen LogP contribution in [0.5, 0.6) is 0 Å². The van der Waals surface area contributed by atoms with Gasteiger partial charge in [-0.15, -0.1) is 0 Å². The molecule has 48 valence electrons. The summed E-state index contributed by atoms with van der Waals surface area (Å²) in [6.45, 7) is 0. The second kappa shape index (κ2) is 6.86. The average molecular weight is 295 g/mol. The van der Waals surface area contributed by atoms with Crippen LogP contribution in [0.3, 0.4) is 0 Å². The number of rotatable bonds is 0. The van der Waals surface area contributed by atoms with Crippen LogP contribution in [0.1, 0.15) is 0 Å². The first-order valence-electron chi connectivity index (χ1n) is 1.92. The Morgan fingerprint density at radius 2 is 1.50 bits per heavy atom. The topological polar surface area (TPSA) is 0 Å². The maximum atomic E-state index is 9.75. The largest absolute Gasteiger partial charge is 0.214 e. The first kappa shape index (κ1) is 7.86. The maximum Gasteiger partial charge on any atom is -0.172 e. The molecule has 0 nitrogen and oxygen atoms in total. The van der Waals surface area contributed by atoms with Gasteiger partial charge in [0, 0.05) is 0 Å². The molecule has 0 heterocycles. The van der Waals surface area contributed by atoms with Gasteiger partial charge in [-0.05, 0) is 0 Å². The fourth-order valence-electron chi connectivity index (χ4n) is 0.321. The van der Waals surface area contributed by atoms with E-state index in [1.165, 1.54) is 0 Å². The standard InChI is InChI=1S/C5H5.2FH.Ir/c1-2-4-5-3-1;;;/h1-5H;2*1H;/q-1;;;+3/p-2. The van der Waals surface area contributed by atoms with Crippen molar-refractivity contribution < 1.29 is 25.2 Å². The zero-order valence-corrected chi connectivity index (χ0v) is 6.37. The average Bonchev–Trinajstić information content (AvgIpc) is 2.17. The molecule has 1 rings (SSSR count). The maximum absolute atomic E-state index is 9.75. The van der Waals surface area contributed by atoms with Gasteiger partial charge in [-0.1, -0.05) is 0 Å². The molecular formula is C5H5F2Ir. The van der Waals surface area contributed by atoms with Gasteiger partial charge in [0.1, 0.15) is 0 Å². The van der Waals surface area contributed by atoms with Crippen molar-refractivity contribution in [3.63, 3.8) is 0 Å². The van der Waals surface area contributed by atoms with Crippen molar-refractivity contribution in [3.05, 3.63) is 30.3 Å². The summed E-state index contributed by atoms with van der Waals surface area (Å²) in [6, 6.07) is 10.0. The van der Waals surface area contributed by atoms with E-state index in [1.54, 1.807) is 0 Å². The Morgan fingerprint density at radius 3 is 1.62 bits per heavy atom. The Hall–Kier alpha value is -0.141. The summed E-state index contributed by atoms with van der Waals surface area (Å²) in [4.78, 5) is 0. The van der Waals surface area contributed by atoms with E-state index in [9.17, 15) is 6.51 Å². The van der Waals surface area contributed by atoms with Gasteiger partial charge in [-0.3, -0.25) is 0 Å². The molecule has 3 heteroatoms. The quantitative estimate of drug-likeness (QED) is 0.644. The van der Waals surface area contributed by atoms with E-state index < -0.39 is 18.7 Å². The minimum absolute atomic E-state index is 2.00. The second-order valence-corrected chi connectivity index (χ2v) is 1.35. The van der Waals surface area contributed by atoms with Crippen molar-refractivity contribution in [2.45, 2.75) is 0 Å². The summed E-state index contributed by atoms with van der Waals surface area (Å²) < 4.78 is 19.5. The molecule has 0 atom stereocenters. The molecule has 0 saturated heterocycles. The van der Waals surface area contributed by atoms with E-state index in [0.29, 0.717) is 0 Å². The van der Waals surface area contributed by atoms with Gasteiger partial charge in [-0.2, -0.15) is 18.2 Å². The van der Waals surface area contributed by atoms with Crippen molar-refractivity contribution in [2.75, 3.05) is 0 Å². The van der Waals surface area contributed by atoms with Gasteiger partial charge in [0.2, 0.25) is 0 Å². The minimum Gasteiger partial charge on any atom is -0.214 e. The third-order valence-corrected chi connectivity index (χ3v) is 0.556. The zero-order chi connectivity index (χ0) is 6.24. The van der Waals surface area contributed by atoms with Gasteiger partial charge in [0.25, 0.3) is 0 Å². The van der Waals surface area contributed by atoms with Crippen molar-refractivity contribution in [1.82, 2.24) is 0 Å². The molecule has 0 aliphatic heterocycles.